The van der Waals surface area contributed by atoms with Gasteiger partial charge in [0.25, 0.3) is 0 Å². The Hall–Kier alpha value is -1.47. The number of hydrogen-bond donors (Lipinski definition) is 2. The van der Waals surface area contributed by atoms with Gasteiger partial charge >= 0.3 is 0 Å². The van der Waals surface area contributed by atoms with Crippen molar-refractivity contribution < 1.29 is 13.2 Å². The number of benzene rings is 1. The molecule has 0 aliphatic carbocycles. The van der Waals surface area contributed by atoms with Gasteiger partial charge in [0.05, 0.1) is 17.4 Å². The van der Waals surface area contributed by atoms with Crippen molar-refractivity contribution >= 4 is 33.0 Å². The molecule has 2 atom stereocenters. The van der Waals surface area contributed by atoms with Crippen LogP contribution in [0.5, 0.6) is 0 Å². The molecule has 2 rings (SSSR count). The SMILES string of the molecule is NC(=S)C(NC(=O)C1CCS(=O)(=O)C1)c1ccccc1. The Morgan fingerprint density at radius 2 is 2.00 bits per heavy atom. The minimum atomic E-state index is -3.09. The molecule has 0 aromatic heterocycles. The average Bonchev–Trinajstić information content (AvgIpc) is 2.77. The lowest BCUT2D eigenvalue weighted by Gasteiger charge is -2.19. The zero-order valence-electron chi connectivity index (χ0n) is 10.8. The molecule has 7 heteroatoms. The maximum atomic E-state index is 12.1. The highest BCUT2D eigenvalue weighted by molar-refractivity contribution is 7.91. The summed E-state index contributed by atoms with van der Waals surface area (Å²) in [5.41, 5.74) is 6.45. The van der Waals surface area contributed by atoms with E-state index in [0.717, 1.165) is 5.56 Å². The summed E-state index contributed by atoms with van der Waals surface area (Å²) >= 11 is 4.98. The zero-order chi connectivity index (χ0) is 14.8. The van der Waals surface area contributed by atoms with Crippen LogP contribution >= 0.6 is 12.2 Å². The van der Waals surface area contributed by atoms with Gasteiger partial charge in [0.2, 0.25) is 5.91 Å². The van der Waals surface area contributed by atoms with E-state index in [2.05, 4.69) is 5.32 Å². The topological polar surface area (TPSA) is 89.3 Å². The van der Waals surface area contributed by atoms with Gasteiger partial charge in [0, 0.05) is 0 Å². The van der Waals surface area contributed by atoms with Crippen LogP contribution in [0.4, 0.5) is 0 Å². The molecule has 108 valence electrons. The second-order valence-electron chi connectivity index (χ2n) is 4.85. The van der Waals surface area contributed by atoms with Crippen LogP contribution in [-0.4, -0.2) is 30.8 Å². The van der Waals surface area contributed by atoms with Crippen molar-refractivity contribution in [2.75, 3.05) is 11.5 Å². The van der Waals surface area contributed by atoms with E-state index in [1.165, 1.54) is 0 Å². The summed E-state index contributed by atoms with van der Waals surface area (Å²) < 4.78 is 22.8. The number of carbonyl (C=O) groups excluding carboxylic acids is 1. The van der Waals surface area contributed by atoms with Crippen LogP contribution in [0, 0.1) is 5.92 Å². The summed E-state index contributed by atoms with van der Waals surface area (Å²) in [6.07, 6.45) is 0.354. The third kappa shape index (κ3) is 3.55. The van der Waals surface area contributed by atoms with Crippen molar-refractivity contribution in [1.29, 1.82) is 0 Å². The van der Waals surface area contributed by atoms with E-state index in [1.807, 2.05) is 30.3 Å². The van der Waals surface area contributed by atoms with E-state index in [1.54, 1.807) is 0 Å². The zero-order valence-corrected chi connectivity index (χ0v) is 12.4. The number of carbonyl (C=O) groups is 1. The first-order chi connectivity index (χ1) is 9.39. The lowest BCUT2D eigenvalue weighted by Crippen LogP contribution is -2.40. The second kappa shape index (κ2) is 5.88. The van der Waals surface area contributed by atoms with Crippen molar-refractivity contribution in [3.63, 3.8) is 0 Å². The first kappa shape index (κ1) is 14.9. The largest absolute Gasteiger partial charge is 0.391 e. The number of rotatable bonds is 4. The highest BCUT2D eigenvalue weighted by Crippen LogP contribution is 2.20. The number of thiocarbonyl (C=S) groups is 1. The Kier molecular flexibility index (Phi) is 4.39. The van der Waals surface area contributed by atoms with E-state index in [0.29, 0.717) is 6.42 Å². The van der Waals surface area contributed by atoms with Gasteiger partial charge in [-0.15, -0.1) is 0 Å². The molecule has 1 saturated heterocycles. The van der Waals surface area contributed by atoms with Crippen LogP contribution in [0.1, 0.15) is 18.0 Å². The highest BCUT2D eigenvalue weighted by atomic mass is 32.2. The molecule has 0 spiro atoms. The van der Waals surface area contributed by atoms with Crippen LogP contribution in [-0.2, 0) is 14.6 Å². The Bertz CT molecular complexity index is 614. The van der Waals surface area contributed by atoms with Crippen LogP contribution in [0.15, 0.2) is 30.3 Å². The smallest absolute Gasteiger partial charge is 0.224 e. The molecule has 0 bridgehead atoms. The number of sulfone groups is 1. The van der Waals surface area contributed by atoms with Gasteiger partial charge < -0.3 is 11.1 Å². The quantitative estimate of drug-likeness (QED) is 0.793. The molecular formula is C13H16N2O3S2. The number of nitrogens with one attached hydrogen (secondary N) is 1. The fourth-order valence-corrected chi connectivity index (χ4v) is 4.16. The third-order valence-corrected chi connectivity index (χ3v) is 5.31. The first-order valence-electron chi connectivity index (χ1n) is 6.24. The molecule has 3 N–H and O–H groups in total. The molecule has 1 aliphatic rings. The molecule has 0 radical (unpaired) electrons. The molecule has 2 unspecified atom stereocenters. The van der Waals surface area contributed by atoms with Gasteiger partial charge in [-0.3, -0.25) is 4.79 Å². The van der Waals surface area contributed by atoms with Crippen molar-refractivity contribution in [3.8, 4) is 0 Å². The van der Waals surface area contributed by atoms with Crippen LogP contribution < -0.4 is 11.1 Å². The van der Waals surface area contributed by atoms with Crippen molar-refractivity contribution in [1.82, 2.24) is 5.32 Å². The maximum Gasteiger partial charge on any atom is 0.224 e. The third-order valence-electron chi connectivity index (χ3n) is 3.31. The fourth-order valence-electron chi connectivity index (χ4n) is 2.23. The monoisotopic (exact) mass is 312 g/mol. The Labute approximate surface area is 123 Å². The predicted molar refractivity (Wildman–Crippen MR) is 80.9 cm³/mol. The number of nitrogens with two attached hydrogens (primary N) is 1. The van der Waals surface area contributed by atoms with E-state index in [-0.39, 0.29) is 22.4 Å². The van der Waals surface area contributed by atoms with E-state index < -0.39 is 21.8 Å². The highest BCUT2D eigenvalue weighted by Gasteiger charge is 2.34. The Morgan fingerprint density at radius 1 is 1.35 bits per heavy atom. The minimum absolute atomic E-state index is 0.0637. The summed E-state index contributed by atoms with van der Waals surface area (Å²) in [7, 11) is -3.09. The summed E-state index contributed by atoms with van der Waals surface area (Å²) in [5, 5.41) is 2.74. The lowest BCUT2D eigenvalue weighted by atomic mass is 10.0. The molecule has 1 aromatic carbocycles. The lowest BCUT2D eigenvalue weighted by molar-refractivity contribution is -0.124. The van der Waals surface area contributed by atoms with Gasteiger partial charge in [-0.1, -0.05) is 42.5 Å². The minimum Gasteiger partial charge on any atom is -0.391 e. The van der Waals surface area contributed by atoms with Crippen molar-refractivity contribution in [2.45, 2.75) is 12.5 Å². The molecular weight excluding hydrogens is 296 g/mol. The Balaban J connectivity index is 2.10. The summed E-state index contributed by atoms with van der Waals surface area (Å²) in [5.74, 6) is -0.862. The number of amides is 1. The molecule has 1 amide bonds. The summed E-state index contributed by atoms with van der Waals surface area (Å²) in [6, 6.07) is 8.57. The van der Waals surface area contributed by atoms with Crippen LogP contribution in [0.25, 0.3) is 0 Å². The standard InChI is InChI=1S/C13H16N2O3S2/c14-12(19)11(9-4-2-1-3-5-9)15-13(16)10-6-7-20(17,18)8-10/h1-5,10-11H,6-8H2,(H2,14,19)(H,15,16). The molecule has 1 heterocycles. The van der Waals surface area contributed by atoms with E-state index >= 15 is 0 Å². The van der Waals surface area contributed by atoms with Gasteiger partial charge in [-0.05, 0) is 12.0 Å². The Morgan fingerprint density at radius 3 is 2.50 bits per heavy atom. The fraction of sp³-hybridized carbons (Fsp3) is 0.385. The second-order valence-corrected chi connectivity index (χ2v) is 7.55. The van der Waals surface area contributed by atoms with Gasteiger partial charge in [-0.2, -0.15) is 0 Å². The van der Waals surface area contributed by atoms with Crippen molar-refractivity contribution in [3.05, 3.63) is 35.9 Å². The maximum absolute atomic E-state index is 12.1. The first-order valence-corrected chi connectivity index (χ1v) is 8.47. The normalized spacial score (nSPS) is 22.1. The molecule has 0 saturated carbocycles. The van der Waals surface area contributed by atoms with E-state index in [4.69, 9.17) is 18.0 Å². The predicted octanol–water partition coefficient (Wildman–Crippen LogP) is 0.565. The molecule has 1 fully saturated rings. The van der Waals surface area contributed by atoms with Crippen LogP contribution in [0.2, 0.25) is 0 Å². The molecule has 1 aliphatic heterocycles. The van der Waals surface area contributed by atoms with Gasteiger partial charge in [0.1, 0.15) is 11.0 Å². The van der Waals surface area contributed by atoms with Crippen LogP contribution in [0.3, 0.4) is 0 Å². The number of hydrogen-bond acceptors (Lipinski definition) is 4. The summed E-state index contributed by atoms with van der Waals surface area (Å²) in [4.78, 5) is 12.3. The molecule has 20 heavy (non-hydrogen) atoms. The molecule has 1 aromatic rings. The van der Waals surface area contributed by atoms with Gasteiger partial charge in [-0.25, -0.2) is 8.42 Å². The molecule has 5 nitrogen and oxygen atoms in total. The van der Waals surface area contributed by atoms with E-state index in [9.17, 15) is 13.2 Å². The summed E-state index contributed by atoms with van der Waals surface area (Å²) in [6.45, 7) is 0. The van der Waals surface area contributed by atoms with Gasteiger partial charge in [0.15, 0.2) is 9.84 Å². The average molecular weight is 312 g/mol. The van der Waals surface area contributed by atoms with Crippen molar-refractivity contribution in [2.24, 2.45) is 11.7 Å².